The average Bonchev–Trinajstić information content (AvgIpc) is 2.61. The lowest BCUT2D eigenvalue weighted by atomic mass is 10.1. The highest BCUT2D eigenvalue weighted by Crippen LogP contribution is 2.28. The molecule has 0 radical (unpaired) electrons. The van der Waals surface area contributed by atoms with Gasteiger partial charge in [0.05, 0.1) is 19.1 Å². The molecule has 146 valence electrons. The Morgan fingerprint density at radius 3 is 2.30 bits per heavy atom. The van der Waals surface area contributed by atoms with Gasteiger partial charge >= 0.3 is 0 Å². The number of amides is 1. The van der Waals surface area contributed by atoms with E-state index in [0.717, 1.165) is 17.4 Å². The van der Waals surface area contributed by atoms with Crippen LogP contribution < -0.4 is 14.4 Å². The van der Waals surface area contributed by atoms with Crippen LogP contribution in [-0.4, -0.2) is 33.7 Å². The molecule has 6 nitrogen and oxygen atoms in total. The Bertz CT molecular complexity index is 908. The van der Waals surface area contributed by atoms with Gasteiger partial charge in [-0.2, -0.15) is 0 Å². The summed E-state index contributed by atoms with van der Waals surface area (Å²) in [6.45, 7) is 5.52. The first-order chi connectivity index (χ1) is 12.7. The van der Waals surface area contributed by atoms with E-state index in [1.807, 2.05) is 26.0 Å². The smallest absolute Gasteiger partial charge is 0.248 e. The number of nitrogens with one attached hydrogen (secondary N) is 1. The highest BCUT2D eigenvalue weighted by Gasteiger charge is 2.32. The van der Waals surface area contributed by atoms with Crippen molar-refractivity contribution in [2.24, 2.45) is 0 Å². The molecule has 7 heteroatoms. The molecule has 0 saturated carbocycles. The fourth-order valence-corrected chi connectivity index (χ4v) is 4.15. The molecule has 0 spiro atoms. The van der Waals surface area contributed by atoms with E-state index in [1.54, 1.807) is 44.4 Å². The van der Waals surface area contributed by atoms with E-state index in [9.17, 15) is 13.2 Å². The fourth-order valence-electron chi connectivity index (χ4n) is 2.89. The zero-order valence-electron chi connectivity index (χ0n) is 16.3. The fraction of sp³-hybridized carbons (Fsp3) is 0.350. The van der Waals surface area contributed by atoms with Gasteiger partial charge in [0.25, 0.3) is 0 Å². The minimum atomic E-state index is -3.66. The zero-order valence-corrected chi connectivity index (χ0v) is 17.1. The topological polar surface area (TPSA) is 75.7 Å². The zero-order chi connectivity index (χ0) is 20.2. The minimum absolute atomic E-state index is 0.336. The maximum Gasteiger partial charge on any atom is 0.248 e. The Hall–Kier alpha value is -2.54. The average molecular weight is 391 g/mol. The summed E-state index contributed by atoms with van der Waals surface area (Å²) in [7, 11) is -2.10. The normalized spacial score (nSPS) is 12.3. The monoisotopic (exact) mass is 390 g/mol. The molecule has 0 aliphatic heterocycles. The van der Waals surface area contributed by atoms with Crippen LogP contribution in [-0.2, 0) is 14.8 Å². The van der Waals surface area contributed by atoms with E-state index in [1.165, 1.54) is 4.31 Å². The lowest BCUT2D eigenvalue weighted by Gasteiger charge is -2.31. The van der Waals surface area contributed by atoms with Crippen LogP contribution in [0.25, 0.3) is 0 Å². The first-order valence-corrected chi connectivity index (χ1v) is 10.5. The molecule has 2 aromatic carbocycles. The molecule has 0 bridgehead atoms. The van der Waals surface area contributed by atoms with Crippen molar-refractivity contribution >= 4 is 27.3 Å². The van der Waals surface area contributed by atoms with Crippen molar-refractivity contribution in [2.75, 3.05) is 23.0 Å². The summed E-state index contributed by atoms with van der Waals surface area (Å²) in [5, 5.41) is 2.80. The first kappa shape index (κ1) is 20.8. The van der Waals surface area contributed by atoms with Crippen LogP contribution in [0, 0.1) is 13.8 Å². The first-order valence-electron chi connectivity index (χ1n) is 8.69. The summed E-state index contributed by atoms with van der Waals surface area (Å²) in [6, 6.07) is 11.6. The quantitative estimate of drug-likeness (QED) is 0.785. The van der Waals surface area contributed by atoms with Gasteiger partial charge in [0.1, 0.15) is 11.8 Å². The van der Waals surface area contributed by atoms with E-state index < -0.39 is 16.1 Å². The van der Waals surface area contributed by atoms with Crippen LogP contribution in [0.1, 0.15) is 24.5 Å². The molecule has 1 atom stereocenters. The van der Waals surface area contributed by atoms with Crippen LogP contribution >= 0.6 is 0 Å². The van der Waals surface area contributed by atoms with E-state index in [0.29, 0.717) is 23.5 Å². The van der Waals surface area contributed by atoms with Crippen molar-refractivity contribution in [1.29, 1.82) is 0 Å². The summed E-state index contributed by atoms with van der Waals surface area (Å²) < 4.78 is 31.5. The third kappa shape index (κ3) is 5.01. The highest BCUT2D eigenvalue weighted by molar-refractivity contribution is 7.92. The lowest BCUT2D eigenvalue weighted by Crippen LogP contribution is -2.47. The number of rotatable bonds is 7. The number of benzene rings is 2. The summed E-state index contributed by atoms with van der Waals surface area (Å²) in [4.78, 5) is 12.9. The number of methoxy groups -OCH3 is 1. The lowest BCUT2D eigenvalue weighted by molar-refractivity contribution is -0.117. The minimum Gasteiger partial charge on any atom is -0.497 e. The maximum atomic E-state index is 12.9. The van der Waals surface area contributed by atoms with Gasteiger partial charge in [-0.1, -0.05) is 19.1 Å². The molecular weight excluding hydrogens is 364 g/mol. The molecule has 27 heavy (non-hydrogen) atoms. The third-order valence-corrected chi connectivity index (χ3v) is 5.46. The Kier molecular flexibility index (Phi) is 6.49. The standard InChI is InChI=1S/C20H26N2O4S/c1-6-18(20(23)21-16-9-11-17(26-4)12-10-16)22(27(5,24)25)19-13-14(2)7-8-15(19)3/h7-13,18H,6H2,1-5H3,(H,21,23)/t18-/m0/s1. The molecule has 0 aliphatic carbocycles. The number of carbonyl (C=O) groups is 1. The van der Waals surface area contributed by atoms with Crippen molar-refractivity contribution in [1.82, 2.24) is 0 Å². The SMILES string of the molecule is CC[C@@H](C(=O)Nc1ccc(OC)cc1)N(c1cc(C)ccc1C)S(C)(=O)=O. The number of hydrogen-bond donors (Lipinski definition) is 1. The molecule has 2 aromatic rings. The summed E-state index contributed by atoms with van der Waals surface area (Å²) in [5.74, 6) is 0.294. The second-order valence-electron chi connectivity index (χ2n) is 6.49. The number of anilines is 2. The number of hydrogen-bond acceptors (Lipinski definition) is 4. The molecule has 0 unspecified atom stereocenters. The molecule has 0 aliphatic rings. The molecule has 1 amide bonds. The van der Waals surface area contributed by atoms with E-state index in [2.05, 4.69) is 5.32 Å². The molecular formula is C20H26N2O4S. The van der Waals surface area contributed by atoms with Gasteiger partial charge in [0, 0.05) is 5.69 Å². The van der Waals surface area contributed by atoms with Gasteiger partial charge in [-0.25, -0.2) is 8.42 Å². The molecule has 0 fully saturated rings. The number of carbonyl (C=O) groups excluding carboxylic acids is 1. The Balaban J connectivity index is 2.39. The molecule has 0 heterocycles. The highest BCUT2D eigenvalue weighted by atomic mass is 32.2. The summed E-state index contributed by atoms with van der Waals surface area (Å²) in [6.07, 6.45) is 1.46. The van der Waals surface area contributed by atoms with E-state index >= 15 is 0 Å². The predicted octanol–water partition coefficient (Wildman–Crippen LogP) is 3.50. The Labute approximate surface area is 161 Å². The van der Waals surface area contributed by atoms with Crippen molar-refractivity contribution < 1.29 is 17.9 Å². The predicted molar refractivity (Wildman–Crippen MR) is 109 cm³/mol. The van der Waals surface area contributed by atoms with Crippen molar-refractivity contribution in [3.8, 4) is 5.75 Å². The second-order valence-corrected chi connectivity index (χ2v) is 8.35. The van der Waals surface area contributed by atoms with Gasteiger partial charge in [0.2, 0.25) is 15.9 Å². The van der Waals surface area contributed by atoms with Crippen LogP contribution in [0.5, 0.6) is 5.75 Å². The largest absolute Gasteiger partial charge is 0.497 e. The van der Waals surface area contributed by atoms with Crippen LogP contribution in [0.15, 0.2) is 42.5 Å². The van der Waals surface area contributed by atoms with Crippen LogP contribution in [0.2, 0.25) is 0 Å². The summed E-state index contributed by atoms with van der Waals surface area (Å²) >= 11 is 0. The maximum absolute atomic E-state index is 12.9. The number of aryl methyl sites for hydroxylation is 2. The van der Waals surface area contributed by atoms with Gasteiger partial charge < -0.3 is 10.1 Å². The molecule has 2 rings (SSSR count). The van der Waals surface area contributed by atoms with Crippen molar-refractivity contribution in [3.05, 3.63) is 53.6 Å². The summed E-state index contributed by atoms with van der Waals surface area (Å²) in [5.41, 5.74) is 2.82. The van der Waals surface area contributed by atoms with Gasteiger partial charge in [-0.15, -0.1) is 0 Å². The van der Waals surface area contributed by atoms with Crippen molar-refractivity contribution in [2.45, 2.75) is 33.2 Å². The molecule has 1 N–H and O–H groups in total. The number of nitrogens with zero attached hydrogens (tertiary/aromatic N) is 1. The number of sulfonamides is 1. The van der Waals surface area contributed by atoms with Gasteiger partial charge in [0.15, 0.2) is 0 Å². The molecule has 0 saturated heterocycles. The van der Waals surface area contributed by atoms with Crippen LogP contribution in [0.3, 0.4) is 0 Å². The van der Waals surface area contributed by atoms with Gasteiger partial charge in [-0.05, 0) is 61.7 Å². The number of ether oxygens (including phenoxy) is 1. The Morgan fingerprint density at radius 1 is 1.15 bits per heavy atom. The molecule has 0 aromatic heterocycles. The van der Waals surface area contributed by atoms with E-state index in [-0.39, 0.29) is 5.91 Å². The van der Waals surface area contributed by atoms with Crippen LogP contribution in [0.4, 0.5) is 11.4 Å². The van der Waals surface area contributed by atoms with E-state index in [4.69, 9.17) is 4.74 Å². The third-order valence-electron chi connectivity index (χ3n) is 4.29. The second kappa shape index (κ2) is 8.43. The Morgan fingerprint density at radius 2 is 1.78 bits per heavy atom. The van der Waals surface area contributed by atoms with Gasteiger partial charge in [-0.3, -0.25) is 9.10 Å². The van der Waals surface area contributed by atoms with Crippen molar-refractivity contribution in [3.63, 3.8) is 0 Å².